The molecule has 0 aliphatic heterocycles. The van der Waals surface area contributed by atoms with Crippen LogP contribution >= 0.6 is 17.2 Å². The molecule has 0 aliphatic carbocycles. The predicted molar refractivity (Wildman–Crippen MR) is 141 cm³/mol. The Kier molecular flexibility index (Phi) is 24.8. The highest BCUT2D eigenvalue weighted by Crippen LogP contribution is 2.42. The first-order chi connectivity index (χ1) is 15.9. The molecule has 33 heavy (non-hydrogen) atoms. The van der Waals surface area contributed by atoms with Crippen molar-refractivity contribution >= 4 is 17.2 Å². The lowest BCUT2D eigenvalue weighted by molar-refractivity contribution is 0.0768. The van der Waals surface area contributed by atoms with Crippen LogP contribution in [0.2, 0.25) is 0 Å². The third-order valence-electron chi connectivity index (χ3n) is 5.52. The molecule has 0 rings (SSSR count). The molecule has 0 unspecified atom stereocenters. The first-order valence-corrected chi connectivity index (χ1v) is 15.7. The maximum Gasteiger partial charge on any atom is 0.332 e. The van der Waals surface area contributed by atoms with Crippen LogP contribution in [0.3, 0.4) is 0 Å². The SMILES string of the molecule is CCCCCCCCCCOP(OCCCCCCCCCC)OCC(C)(C)COP(O)O. The van der Waals surface area contributed by atoms with Gasteiger partial charge >= 0.3 is 17.2 Å². The zero-order valence-electron chi connectivity index (χ0n) is 22.1. The van der Waals surface area contributed by atoms with E-state index in [1.54, 1.807) is 0 Å². The number of unbranched alkanes of at least 4 members (excludes halogenated alkanes) is 14. The Labute approximate surface area is 207 Å². The van der Waals surface area contributed by atoms with Crippen LogP contribution in [-0.4, -0.2) is 36.2 Å². The second-order valence-corrected chi connectivity index (χ2v) is 11.8. The van der Waals surface area contributed by atoms with Crippen molar-refractivity contribution in [1.82, 2.24) is 0 Å². The molecule has 0 radical (unpaired) electrons. The fourth-order valence-corrected chi connectivity index (χ4v) is 5.06. The summed E-state index contributed by atoms with van der Waals surface area (Å²) in [6.07, 6.45) is 20.3. The first-order valence-electron chi connectivity index (χ1n) is 13.4. The summed E-state index contributed by atoms with van der Waals surface area (Å²) in [5, 5.41) is 0. The van der Waals surface area contributed by atoms with E-state index in [1.165, 1.54) is 89.9 Å². The molecule has 0 aromatic heterocycles. The van der Waals surface area contributed by atoms with Crippen LogP contribution in [0.4, 0.5) is 0 Å². The second kappa shape index (κ2) is 24.3. The lowest BCUT2D eigenvalue weighted by Gasteiger charge is -2.26. The van der Waals surface area contributed by atoms with E-state index in [2.05, 4.69) is 13.8 Å². The zero-order valence-corrected chi connectivity index (χ0v) is 23.9. The maximum absolute atomic E-state index is 9.00. The molecule has 6 nitrogen and oxygen atoms in total. The smallest absolute Gasteiger partial charge is 0.328 e. The zero-order chi connectivity index (χ0) is 24.6. The molecule has 0 bridgehead atoms. The molecule has 0 saturated carbocycles. The standard InChI is InChI=1S/C25H54O6P2/c1-5-7-9-11-13-15-17-19-21-28-33(31-24-25(3,4)23-30-32(26)27)29-22-20-18-16-14-12-10-8-6-2/h26-27H,5-24H2,1-4H3. The van der Waals surface area contributed by atoms with Crippen LogP contribution in [-0.2, 0) is 18.1 Å². The summed E-state index contributed by atoms with van der Waals surface area (Å²) in [6.45, 7) is 10.4. The van der Waals surface area contributed by atoms with Gasteiger partial charge < -0.3 is 27.9 Å². The van der Waals surface area contributed by atoms with E-state index in [-0.39, 0.29) is 12.0 Å². The molecule has 0 atom stereocenters. The fraction of sp³-hybridized carbons (Fsp3) is 1.00. The van der Waals surface area contributed by atoms with Gasteiger partial charge in [0.15, 0.2) is 0 Å². The summed E-state index contributed by atoms with van der Waals surface area (Å²) < 4.78 is 22.9. The van der Waals surface area contributed by atoms with Gasteiger partial charge in [0, 0.05) is 5.41 Å². The molecular weight excluding hydrogens is 458 g/mol. The molecule has 0 aromatic rings. The van der Waals surface area contributed by atoms with E-state index in [9.17, 15) is 0 Å². The average molecular weight is 513 g/mol. The molecule has 8 heteroatoms. The molecule has 0 spiro atoms. The normalized spacial score (nSPS) is 12.4. The number of hydrogen-bond donors (Lipinski definition) is 2. The van der Waals surface area contributed by atoms with Crippen molar-refractivity contribution in [3.8, 4) is 0 Å². The molecule has 0 fully saturated rings. The van der Waals surface area contributed by atoms with Gasteiger partial charge in [0.1, 0.15) is 0 Å². The monoisotopic (exact) mass is 512 g/mol. The molecule has 2 N–H and O–H groups in total. The lowest BCUT2D eigenvalue weighted by Crippen LogP contribution is -2.24. The minimum absolute atomic E-state index is 0.213. The van der Waals surface area contributed by atoms with E-state index in [4.69, 9.17) is 27.9 Å². The van der Waals surface area contributed by atoms with Crippen molar-refractivity contribution in [1.29, 1.82) is 0 Å². The van der Waals surface area contributed by atoms with E-state index >= 15 is 0 Å². The maximum atomic E-state index is 9.00. The Hall–Kier alpha value is 0.620. The fourth-order valence-electron chi connectivity index (χ4n) is 3.36. The first kappa shape index (κ1) is 33.6. The van der Waals surface area contributed by atoms with Crippen LogP contribution in [0.15, 0.2) is 0 Å². The van der Waals surface area contributed by atoms with Gasteiger partial charge in [0.2, 0.25) is 0 Å². The van der Waals surface area contributed by atoms with Crippen molar-refractivity contribution in [3.63, 3.8) is 0 Å². The second-order valence-electron chi connectivity index (χ2n) is 9.80. The molecule has 0 aliphatic rings. The van der Waals surface area contributed by atoms with Gasteiger partial charge in [0.05, 0.1) is 26.4 Å². The number of hydrogen-bond acceptors (Lipinski definition) is 6. The quantitative estimate of drug-likeness (QED) is 0.0891. The number of rotatable bonds is 26. The van der Waals surface area contributed by atoms with Crippen LogP contribution in [0.25, 0.3) is 0 Å². The van der Waals surface area contributed by atoms with Gasteiger partial charge in [-0.15, -0.1) is 0 Å². The summed E-state index contributed by atoms with van der Waals surface area (Å²) >= 11 is 0. The molecular formula is C25H54O6P2. The van der Waals surface area contributed by atoms with Gasteiger partial charge in [-0.3, -0.25) is 0 Å². The Balaban J connectivity index is 4.12. The summed E-state index contributed by atoms with van der Waals surface area (Å²) in [6, 6.07) is 0. The van der Waals surface area contributed by atoms with Crippen LogP contribution in [0.1, 0.15) is 130 Å². The minimum Gasteiger partial charge on any atom is -0.328 e. The van der Waals surface area contributed by atoms with Crippen LogP contribution in [0, 0.1) is 5.41 Å². The summed E-state index contributed by atoms with van der Waals surface area (Å²) in [4.78, 5) is 18.0. The Morgan fingerprint density at radius 2 is 0.879 bits per heavy atom. The van der Waals surface area contributed by atoms with Crippen LogP contribution < -0.4 is 0 Å². The molecule has 0 saturated heterocycles. The van der Waals surface area contributed by atoms with E-state index in [0.29, 0.717) is 19.8 Å². The highest BCUT2D eigenvalue weighted by Gasteiger charge is 2.24. The van der Waals surface area contributed by atoms with Gasteiger partial charge in [-0.2, -0.15) is 0 Å². The Morgan fingerprint density at radius 3 is 1.27 bits per heavy atom. The molecule has 200 valence electrons. The van der Waals surface area contributed by atoms with Crippen molar-refractivity contribution in [2.75, 3.05) is 26.4 Å². The van der Waals surface area contributed by atoms with E-state index in [0.717, 1.165) is 12.8 Å². The summed E-state index contributed by atoms with van der Waals surface area (Å²) in [7, 11) is -3.74. The van der Waals surface area contributed by atoms with Crippen molar-refractivity contribution in [3.05, 3.63) is 0 Å². The van der Waals surface area contributed by atoms with E-state index in [1.807, 2.05) is 13.8 Å². The van der Waals surface area contributed by atoms with Gasteiger partial charge in [-0.25, -0.2) is 0 Å². The third-order valence-corrected chi connectivity index (χ3v) is 7.01. The molecule has 0 amide bonds. The Morgan fingerprint density at radius 1 is 0.515 bits per heavy atom. The largest absolute Gasteiger partial charge is 0.332 e. The van der Waals surface area contributed by atoms with Crippen molar-refractivity contribution in [2.45, 2.75) is 130 Å². The minimum atomic E-state index is -2.35. The summed E-state index contributed by atoms with van der Waals surface area (Å²) in [5.41, 5.74) is -0.351. The van der Waals surface area contributed by atoms with E-state index < -0.39 is 17.2 Å². The molecule has 0 aromatic carbocycles. The topological polar surface area (TPSA) is 77.4 Å². The lowest BCUT2D eigenvalue weighted by atomic mass is 9.97. The van der Waals surface area contributed by atoms with Crippen LogP contribution in [0.5, 0.6) is 0 Å². The Bertz CT molecular complexity index is 377. The third kappa shape index (κ3) is 25.5. The van der Waals surface area contributed by atoms with Gasteiger partial charge in [-0.05, 0) is 12.8 Å². The molecule has 0 heterocycles. The average Bonchev–Trinajstić information content (AvgIpc) is 2.78. The van der Waals surface area contributed by atoms with Gasteiger partial charge in [-0.1, -0.05) is 118 Å². The van der Waals surface area contributed by atoms with Crippen molar-refractivity contribution < 1.29 is 27.9 Å². The summed E-state index contributed by atoms with van der Waals surface area (Å²) in [5.74, 6) is 0. The highest BCUT2D eigenvalue weighted by molar-refractivity contribution is 7.41. The van der Waals surface area contributed by atoms with Crippen molar-refractivity contribution in [2.24, 2.45) is 5.41 Å². The highest BCUT2D eigenvalue weighted by atomic mass is 31.2. The van der Waals surface area contributed by atoms with Gasteiger partial charge in [0.25, 0.3) is 0 Å². The predicted octanol–water partition coefficient (Wildman–Crippen LogP) is 8.80.